The van der Waals surface area contributed by atoms with Crippen molar-refractivity contribution >= 4 is 55.8 Å². The van der Waals surface area contributed by atoms with Gasteiger partial charge in [0.15, 0.2) is 9.84 Å². The first-order valence-corrected chi connectivity index (χ1v) is 9.21. The van der Waals surface area contributed by atoms with Gasteiger partial charge in [-0.2, -0.15) is 8.75 Å². The number of carbonyl (C=O) groups is 1. The molecule has 1 amide bonds. The number of benzene rings is 2. The predicted octanol–water partition coefficient (Wildman–Crippen LogP) is 2.76. The van der Waals surface area contributed by atoms with Gasteiger partial charge in [-0.25, -0.2) is 8.42 Å². The molecule has 0 spiro atoms. The van der Waals surface area contributed by atoms with E-state index < -0.39 is 21.5 Å². The van der Waals surface area contributed by atoms with Crippen molar-refractivity contribution in [2.24, 2.45) is 0 Å². The Morgan fingerprint density at radius 3 is 2.61 bits per heavy atom. The summed E-state index contributed by atoms with van der Waals surface area (Å²) in [5, 5.41) is 3.05. The third kappa shape index (κ3) is 3.49. The molecule has 0 aliphatic carbocycles. The maximum Gasteiger partial charge on any atom is 0.239 e. The first-order valence-electron chi connectivity index (χ1n) is 6.45. The molecule has 23 heavy (non-hydrogen) atoms. The molecule has 9 heteroatoms. The highest BCUT2D eigenvalue weighted by Crippen LogP contribution is 2.22. The third-order valence-electron chi connectivity index (χ3n) is 3.03. The minimum atomic E-state index is -3.82. The Hall–Kier alpha value is -2.03. The Labute approximate surface area is 141 Å². The lowest BCUT2D eigenvalue weighted by Gasteiger charge is -2.07. The number of nitrogens with one attached hydrogen (secondary N) is 1. The Bertz CT molecular complexity index is 968. The van der Waals surface area contributed by atoms with Crippen LogP contribution in [0.2, 0.25) is 5.02 Å². The number of anilines is 1. The fraction of sp³-hybridized carbons (Fsp3) is 0.0714. The van der Waals surface area contributed by atoms with Crippen molar-refractivity contribution in [3.8, 4) is 0 Å². The van der Waals surface area contributed by atoms with Gasteiger partial charge in [-0.05, 0) is 36.4 Å². The van der Waals surface area contributed by atoms with Crippen LogP contribution in [0.25, 0.3) is 11.0 Å². The number of hydrogen-bond donors (Lipinski definition) is 1. The molecule has 1 heterocycles. The molecule has 2 aromatic carbocycles. The summed E-state index contributed by atoms with van der Waals surface area (Å²) in [4.78, 5) is 12.0. The summed E-state index contributed by atoms with van der Waals surface area (Å²) in [6.45, 7) is 0. The second kappa shape index (κ2) is 6.23. The standard InChI is InChI=1S/C14H10ClN3O3S2/c15-9-4-6-10(7-5-9)16-13(19)8-23(20,21)12-3-1-2-11-14(12)18-22-17-11/h1-7H,8H2,(H,16,19). The van der Waals surface area contributed by atoms with Crippen LogP contribution >= 0.6 is 23.3 Å². The van der Waals surface area contributed by atoms with Crippen LogP contribution in [-0.4, -0.2) is 28.8 Å². The number of hydrogen-bond acceptors (Lipinski definition) is 6. The van der Waals surface area contributed by atoms with Crippen LogP contribution in [0.4, 0.5) is 5.69 Å². The largest absolute Gasteiger partial charge is 0.325 e. The van der Waals surface area contributed by atoms with Crippen LogP contribution in [0.1, 0.15) is 0 Å². The fourth-order valence-electron chi connectivity index (χ4n) is 2.01. The quantitative estimate of drug-likeness (QED) is 0.765. The molecule has 0 aliphatic heterocycles. The molecule has 118 valence electrons. The van der Waals surface area contributed by atoms with Crippen molar-refractivity contribution in [2.75, 3.05) is 11.1 Å². The first-order chi connectivity index (χ1) is 11.0. The van der Waals surface area contributed by atoms with Crippen LogP contribution in [0.5, 0.6) is 0 Å². The van der Waals surface area contributed by atoms with Gasteiger partial charge >= 0.3 is 0 Å². The van der Waals surface area contributed by atoms with E-state index in [4.69, 9.17) is 11.6 Å². The highest BCUT2D eigenvalue weighted by Gasteiger charge is 2.23. The number of aromatic nitrogens is 2. The van der Waals surface area contributed by atoms with Crippen LogP contribution in [0.15, 0.2) is 47.4 Å². The molecule has 0 radical (unpaired) electrons. The number of carbonyl (C=O) groups excluding carboxylic acids is 1. The molecule has 6 nitrogen and oxygen atoms in total. The summed E-state index contributed by atoms with van der Waals surface area (Å²) in [5.74, 6) is -1.31. The van der Waals surface area contributed by atoms with E-state index in [0.29, 0.717) is 16.2 Å². The van der Waals surface area contributed by atoms with Crippen LogP contribution in [-0.2, 0) is 14.6 Å². The van der Waals surface area contributed by atoms with Gasteiger partial charge < -0.3 is 5.32 Å². The number of fused-ring (bicyclic) bond motifs is 1. The Morgan fingerprint density at radius 1 is 1.13 bits per heavy atom. The fourth-order valence-corrected chi connectivity index (χ4v) is 4.05. The van der Waals surface area contributed by atoms with Crippen LogP contribution < -0.4 is 5.32 Å². The highest BCUT2D eigenvalue weighted by atomic mass is 35.5. The third-order valence-corrected chi connectivity index (χ3v) is 5.47. The lowest BCUT2D eigenvalue weighted by atomic mass is 10.3. The Morgan fingerprint density at radius 2 is 1.87 bits per heavy atom. The van der Waals surface area contributed by atoms with E-state index >= 15 is 0 Å². The molecule has 1 aromatic heterocycles. The summed E-state index contributed by atoms with van der Waals surface area (Å²) < 4.78 is 32.9. The lowest BCUT2D eigenvalue weighted by molar-refractivity contribution is -0.113. The maximum absolute atomic E-state index is 12.5. The number of rotatable bonds is 4. The SMILES string of the molecule is O=C(CS(=O)(=O)c1cccc2nsnc12)Nc1ccc(Cl)cc1. The van der Waals surface area contributed by atoms with Crippen molar-refractivity contribution in [2.45, 2.75) is 4.90 Å². The number of sulfone groups is 1. The Kier molecular flexibility index (Phi) is 4.29. The van der Waals surface area contributed by atoms with Gasteiger partial charge in [0.2, 0.25) is 5.91 Å². The highest BCUT2D eigenvalue weighted by molar-refractivity contribution is 7.92. The topological polar surface area (TPSA) is 89.0 Å². The number of halogens is 1. The van der Waals surface area contributed by atoms with E-state index in [9.17, 15) is 13.2 Å². The summed E-state index contributed by atoms with van der Waals surface area (Å²) in [6, 6.07) is 11.1. The molecule has 0 saturated carbocycles. The molecule has 3 aromatic rings. The van der Waals surface area contributed by atoms with Gasteiger partial charge in [0.25, 0.3) is 0 Å². The average molecular weight is 368 g/mol. The second-order valence-electron chi connectivity index (χ2n) is 4.70. The molecular weight excluding hydrogens is 358 g/mol. The van der Waals surface area contributed by atoms with Crippen LogP contribution in [0, 0.1) is 0 Å². The van der Waals surface area contributed by atoms with E-state index in [0.717, 1.165) is 11.7 Å². The molecule has 0 fully saturated rings. The number of nitrogens with zero attached hydrogens (tertiary/aromatic N) is 2. The minimum Gasteiger partial charge on any atom is -0.325 e. The molecule has 0 bridgehead atoms. The van der Waals surface area contributed by atoms with E-state index in [2.05, 4.69) is 14.1 Å². The summed E-state index contributed by atoms with van der Waals surface area (Å²) >= 11 is 6.69. The zero-order valence-corrected chi connectivity index (χ0v) is 14.0. The zero-order chi connectivity index (χ0) is 16.4. The zero-order valence-electron chi connectivity index (χ0n) is 11.6. The summed E-state index contributed by atoms with van der Waals surface area (Å²) in [5.41, 5.74) is 1.26. The van der Waals surface area contributed by atoms with Crippen molar-refractivity contribution in [3.05, 3.63) is 47.5 Å². The van der Waals surface area contributed by atoms with Crippen molar-refractivity contribution in [1.29, 1.82) is 0 Å². The monoisotopic (exact) mass is 367 g/mol. The van der Waals surface area contributed by atoms with Gasteiger partial charge in [0, 0.05) is 10.7 Å². The second-order valence-corrected chi connectivity index (χ2v) is 7.63. The van der Waals surface area contributed by atoms with E-state index in [1.807, 2.05) is 0 Å². The van der Waals surface area contributed by atoms with Gasteiger partial charge in [-0.1, -0.05) is 17.7 Å². The van der Waals surface area contributed by atoms with E-state index in [1.165, 1.54) is 6.07 Å². The van der Waals surface area contributed by atoms with Gasteiger partial charge in [-0.15, -0.1) is 0 Å². The predicted molar refractivity (Wildman–Crippen MR) is 89.5 cm³/mol. The number of amides is 1. The Balaban J connectivity index is 1.82. The van der Waals surface area contributed by atoms with Gasteiger partial charge in [0.05, 0.1) is 16.6 Å². The van der Waals surface area contributed by atoms with Gasteiger partial charge in [-0.3, -0.25) is 4.79 Å². The van der Waals surface area contributed by atoms with E-state index in [-0.39, 0.29) is 10.4 Å². The van der Waals surface area contributed by atoms with Crippen molar-refractivity contribution in [3.63, 3.8) is 0 Å². The van der Waals surface area contributed by atoms with Gasteiger partial charge in [0.1, 0.15) is 16.8 Å². The van der Waals surface area contributed by atoms with Crippen LogP contribution in [0.3, 0.4) is 0 Å². The normalized spacial score (nSPS) is 11.5. The molecule has 1 N–H and O–H groups in total. The van der Waals surface area contributed by atoms with E-state index in [1.54, 1.807) is 36.4 Å². The summed E-state index contributed by atoms with van der Waals surface area (Å²) in [7, 11) is -3.82. The molecular formula is C14H10ClN3O3S2. The average Bonchev–Trinajstić information content (AvgIpc) is 2.97. The first kappa shape index (κ1) is 15.9. The maximum atomic E-state index is 12.5. The molecule has 0 aliphatic rings. The lowest BCUT2D eigenvalue weighted by Crippen LogP contribution is -2.23. The molecule has 0 atom stereocenters. The molecule has 3 rings (SSSR count). The van der Waals surface area contributed by atoms with Crippen molar-refractivity contribution in [1.82, 2.24) is 8.75 Å². The molecule has 0 saturated heterocycles. The van der Waals surface area contributed by atoms with Crippen molar-refractivity contribution < 1.29 is 13.2 Å². The summed E-state index contributed by atoms with van der Waals surface area (Å²) in [6.07, 6.45) is 0. The smallest absolute Gasteiger partial charge is 0.239 e. The molecule has 0 unspecified atom stereocenters. The minimum absolute atomic E-state index is 0.00926.